The van der Waals surface area contributed by atoms with E-state index >= 15 is 0 Å². The summed E-state index contributed by atoms with van der Waals surface area (Å²) in [5.74, 6) is 0.115. The summed E-state index contributed by atoms with van der Waals surface area (Å²) in [6.07, 6.45) is 0.513. The van der Waals surface area contributed by atoms with Gasteiger partial charge in [0, 0.05) is 0 Å². The Morgan fingerprint density at radius 2 is 2.00 bits per heavy atom. The zero-order chi connectivity index (χ0) is 9.47. The molecular formula is C11H13NO. The molecule has 0 radical (unpaired) electrons. The molecule has 1 aliphatic rings. The number of fused-ring (bicyclic) bond motifs is 1. The van der Waals surface area contributed by atoms with Gasteiger partial charge in [-0.15, -0.1) is 0 Å². The van der Waals surface area contributed by atoms with Crippen LogP contribution in [0.2, 0.25) is 0 Å². The van der Waals surface area contributed by atoms with Gasteiger partial charge in [0.1, 0.15) is 0 Å². The molecular weight excluding hydrogens is 162 g/mol. The average Bonchev–Trinajstić information content (AvgIpc) is 2.02. The first-order valence-corrected chi connectivity index (χ1v) is 4.49. The van der Waals surface area contributed by atoms with Gasteiger partial charge in [-0.05, 0) is 25.0 Å². The normalized spacial score (nSPS) is 19.1. The number of hydrogen-bond donors (Lipinski definition) is 1. The molecule has 1 aromatic rings. The molecule has 0 spiro atoms. The first kappa shape index (κ1) is 8.30. The number of amides is 1. The van der Waals surface area contributed by atoms with Crippen molar-refractivity contribution < 1.29 is 4.79 Å². The van der Waals surface area contributed by atoms with Gasteiger partial charge in [-0.1, -0.05) is 24.3 Å². The molecule has 0 bridgehead atoms. The first-order chi connectivity index (χ1) is 6.09. The third kappa shape index (κ3) is 1.32. The van der Waals surface area contributed by atoms with E-state index in [1.54, 1.807) is 0 Å². The van der Waals surface area contributed by atoms with Gasteiger partial charge in [0.2, 0.25) is 5.91 Å². The summed E-state index contributed by atoms with van der Waals surface area (Å²) in [6, 6.07) is 8.09. The van der Waals surface area contributed by atoms with E-state index in [0.29, 0.717) is 6.42 Å². The lowest BCUT2D eigenvalue weighted by atomic mass is 9.85. The summed E-state index contributed by atoms with van der Waals surface area (Å²) in [4.78, 5) is 11.3. The predicted molar refractivity (Wildman–Crippen MR) is 51.3 cm³/mol. The standard InChI is InChI=1S/C11H13NO/c1-11(2)9-6-4-3-5-8(9)7-10(13)12-11/h3-6H,7H2,1-2H3,(H,12,13). The number of nitrogens with one attached hydrogen (secondary N) is 1. The van der Waals surface area contributed by atoms with Gasteiger partial charge >= 0.3 is 0 Å². The second-order valence-corrected chi connectivity index (χ2v) is 4.01. The Labute approximate surface area is 78.0 Å². The van der Waals surface area contributed by atoms with Crippen molar-refractivity contribution in [3.05, 3.63) is 35.4 Å². The molecule has 0 fully saturated rings. The summed E-state index contributed by atoms with van der Waals surface area (Å²) >= 11 is 0. The third-order valence-corrected chi connectivity index (χ3v) is 2.49. The van der Waals surface area contributed by atoms with Crippen molar-refractivity contribution >= 4 is 5.91 Å². The maximum absolute atomic E-state index is 11.3. The van der Waals surface area contributed by atoms with E-state index < -0.39 is 0 Å². The Hall–Kier alpha value is -1.31. The van der Waals surface area contributed by atoms with Crippen molar-refractivity contribution in [3.63, 3.8) is 0 Å². The van der Waals surface area contributed by atoms with Crippen LogP contribution in [-0.2, 0) is 16.8 Å². The minimum Gasteiger partial charge on any atom is -0.347 e. The number of carbonyl (C=O) groups excluding carboxylic acids is 1. The molecule has 2 nitrogen and oxygen atoms in total. The zero-order valence-electron chi connectivity index (χ0n) is 7.92. The fraction of sp³-hybridized carbons (Fsp3) is 0.364. The maximum atomic E-state index is 11.3. The highest BCUT2D eigenvalue weighted by molar-refractivity contribution is 5.82. The third-order valence-electron chi connectivity index (χ3n) is 2.49. The number of hydrogen-bond acceptors (Lipinski definition) is 1. The van der Waals surface area contributed by atoms with Crippen LogP contribution in [0.5, 0.6) is 0 Å². The summed E-state index contributed by atoms with van der Waals surface area (Å²) in [5.41, 5.74) is 2.16. The van der Waals surface area contributed by atoms with Crippen LogP contribution in [0.1, 0.15) is 25.0 Å². The SMILES string of the molecule is CC1(C)NC(=O)Cc2ccccc21. The summed E-state index contributed by atoms with van der Waals surface area (Å²) in [5, 5.41) is 2.97. The van der Waals surface area contributed by atoms with Crippen molar-refractivity contribution in [3.8, 4) is 0 Å². The Morgan fingerprint density at radius 1 is 1.31 bits per heavy atom. The minimum atomic E-state index is -0.216. The fourth-order valence-corrected chi connectivity index (χ4v) is 1.92. The highest BCUT2D eigenvalue weighted by Gasteiger charge is 2.29. The van der Waals surface area contributed by atoms with Crippen molar-refractivity contribution in [2.45, 2.75) is 25.8 Å². The van der Waals surface area contributed by atoms with Gasteiger partial charge in [-0.3, -0.25) is 4.79 Å². The molecule has 0 aromatic heterocycles. The number of rotatable bonds is 0. The van der Waals surface area contributed by atoms with Crippen molar-refractivity contribution in [2.75, 3.05) is 0 Å². The van der Waals surface area contributed by atoms with Crippen LogP contribution in [0.3, 0.4) is 0 Å². The lowest BCUT2D eigenvalue weighted by molar-refractivity contribution is -0.122. The average molecular weight is 175 g/mol. The summed E-state index contributed by atoms with van der Waals surface area (Å²) < 4.78 is 0. The molecule has 0 saturated carbocycles. The lowest BCUT2D eigenvalue weighted by Gasteiger charge is -2.33. The highest BCUT2D eigenvalue weighted by atomic mass is 16.1. The summed E-state index contributed by atoms with van der Waals surface area (Å²) in [6.45, 7) is 4.06. The van der Waals surface area contributed by atoms with Gasteiger partial charge in [0.25, 0.3) is 0 Å². The van der Waals surface area contributed by atoms with Gasteiger partial charge in [-0.2, -0.15) is 0 Å². The van der Waals surface area contributed by atoms with Crippen LogP contribution in [-0.4, -0.2) is 5.91 Å². The van der Waals surface area contributed by atoms with Gasteiger partial charge in [0.15, 0.2) is 0 Å². The fourth-order valence-electron chi connectivity index (χ4n) is 1.92. The zero-order valence-corrected chi connectivity index (χ0v) is 7.92. The monoisotopic (exact) mass is 175 g/mol. The first-order valence-electron chi connectivity index (χ1n) is 4.49. The van der Waals surface area contributed by atoms with E-state index in [9.17, 15) is 4.79 Å². The van der Waals surface area contributed by atoms with Crippen molar-refractivity contribution in [1.29, 1.82) is 0 Å². The lowest BCUT2D eigenvalue weighted by Crippen LogP contribution is -2.46. The molecule has 1 amide bonds. The molecule has 1 heterocycles. The van der Waals surface area contributed by atoms with Crippen molar-refractivity contribution in [2.24, 2.45) is 0 Å². The van der Waals surface area contributed by atoms with Gasteiger partial charge in [-0.25, -0.2) is 0 Å². The molecule has 13 heavy (non-hydrogen) atoms. The van der Waals surface area contributed by atoms with Crippen LogP contribution in [0.25, 0.3) is 0 Å². The van der Waals surface area contributed by atoms with E-state index in [2.05, 4.69) is 11.4 Å². The van der Waals surface area contributed by atoms with Crippen LogP contribution in [0, 0.1) is 0 Å². The number of carbonyl (C=O) groups is 1. The largest absolute Gasteiger partial charge is 0.347 e. The molecule has 1 aromatic carbocycles. The van der Waals surface area contributed by atoms with E-state index in [1.165, 1.54) is 5.56 Å². The van der Waals surface area contributed by atoms with E-state index in [1.807, 2.05) is 32.0 Å². The second kappa shape index (κ2) is 2.59. The predicted octanol–water partition coefficient (Wildman–Crippen LogP) is 1.59. The van der Waals surface area contributed by atoms with Crippen LogP contribution in [0.15, 0.2) is 24.3 Å². The van der Waals surface area contributed by atoms with Crippen LogP contribution >= 0.6 is 0 Å². The molecule has 2 rings (SSSR count). The van der Waals surface area contributed by atoms with E-state index in [0.717, 1.165) is 5.56 Å². The molecule has 0 aliphatic carbocycles. The topological polar surface area (TPSA) is 29.1 Å². The second-order valence-electron chi connectivity index (χ2n) is 4.01. The number of benzene rings is 1. The minimum absolute atomic E-state index is 0.115. The highest BCUT2D eigenvalue weighted by Crippen LogP contribution is 2.27. The van der Waals surface area contributed by atoms with Crippen LogP contribution < -0.4 is 5.32 Å². The van der Waals surface area contributed by atoms with Crippen LogP contribution in [0.4, 0.5) is 0 Å². The Morgan fingerprint density at radius 3 is 2.77 bits per heavy atom. The molecule has 1 N–H and O–H groups in total. The Kier molecular flexibility index (Phi) is 1.65. The summed E-state index contributed by atoms with van der Waals surface area (Å²) in [7, 11) is 0. The Balaban J connectivity index is 2.56. The molecule has 0 unspecified atom stereocenters. The van der Waals surface area contributed by atoms with E-state index in [-0.39, 0.29) is 11.4 Å². The maximum Gasteiger partial charge on any atom is 0.225 e. The molecule has 68 valence electrons. The van der Waals surface area contributed by atoms with E-state index in [4.69, 9.17) is 0 Å². The van der Waals surface area contributed by atoms with Gasteiger partial charge < -0.3 is 5.32 Å². The smallest absolute Gasteiger partial charge is 0.225 e. The molecule has 0 atom stereocenters. The molecule has 1 aliphatic heterocycles. The Bertz CT molecular complexity index is 355. The van der Waals surface area contributed by atoms with Crippen molar-refractivity contribution in [1.82, 2.24) is 5.32 Å². The quantitative estimate of drug-likeness (QED) is 0.637. The molecule has 0 saturated heterocycles. The van der Waals surface area contributed by atoms with Gasteiger partial charge in [0.05, 0.1) is 12.0 Å². The molecule has 2 heteroatoms.